The number of carbonyl (C=O) groups is 2. The smallest absolute Gasteiger partial charge is 0.258 e. The molecule has 0 aliphatic carbocycles. The van der Waals surface area contributed by atoms with E-state index in [9.17, 15) is 14.0 Å². The normalized spacial score (nSPS) is 16.3. The number of nitrogens with two attached hydrogens (primary N) is 1. The Balaban J connectivity index is 1.99. The molecule has 2 amide bonds. The van der Waals surface area contributed by atoms with Crippen LogP contribution in [0.3, 0.4) is 0 Å². The molecule has 2 N–H and O–H groups in total. The molecule has 1 saturated heterocycles. The van der Waals surface area contributed by atoms with Crippen LogP contribution in [0.1, 0.15) is 30.1 Å². The molecule has 1 unspecified atom stereocenters. The molecule has 0 bridgehead atoms. The zero-order chi connectivity index (χ0) is 17.0. The van der Waals surface area contributed by atoms with E-state index < -0.39 is 17.8 Å². The Morgan fingerprint density at radius 2 is 1.87 bits per heavy atom. The van der Waals surface area contributed by atoms with Gasteiger partial charge in [0.25, 0.3) is 5.91 Å². The van der Waals surface area contributed by atoms with E-state index in [1.807, 2.05) is 6.92 Å². The Kier molecular flexibility index (Phi) is 5.96. The number of nitrogens with zero attached hydrogens (tertiary/aromatic N) is 2. The molecular formula is C16H21ClFN3O2. The summed E-state index contributed by atoms with van der Waals surface area (Å²) >= 11 is 5.93. The SMILES string of the molecule is CCCC(N)C(=O)N1CCN(C(=O)c2c(F)cccc2Cl)CC1. The first-order valence-electron chi connectivity index (χ1n) is 7.73. The number of rotatable bonds is 4. The summed E-state index contributed by atoms with van der Waals surface area (Å²) < 4.78 is 13.8. The number of halogens is 2. The summed E-state index contributed by atoms with van der Waals surface area (Å²) in [4.78, 5) is 27.8. The third-order valence-electron chi connectivity index (χ3n) is 3.97. The Hall–Kier alpha value is -1.66. The summed E-state index contributed by atoms with van der Waals surface area (Å²) in [6.07, 6.45) is 1.49. The molecule has 1 heterocycles. The summed E-state index contributed by atoms with van der Waals surface area (Å²) in [5, 5.41) is 0.0958. The van der Waals surface area contributed by atoms with Crippen LogP contribution in [0.2, 0.25) is 5.02 Å². The maximum Gasteiger partial charge on any atom is 0.258 e. The fourth-order valence-corrected chi connectivity index (χ4v) is 2.90. The molecule has 1 aliphatic rings. The molecule has 0 radical (unpaired) electrons. The van der Waals surface area contributed by atoms with E-state index in [4.69, 9.17) is 17.3 Å². The van der Waals surface area contributed by atoms with Crippen LogP contribution in [-0.2, 0) is 4.79 Å². The molecule has 5 nitrogen and oxygen atoms in total. The van der Waals surface area contributed by atoms with Gasteiger partial charge in [-0.1, -0.05) is 31.0 Å². The molecule has 1 aromatic rings. The topological polar surface area (TPSA) is 66.6 Å². The highest BCUT2D eigenvalue weighted by atomic mass is 35.5. The summed E-state index contributed by atoms with van der Waals surface area (Å²) in [7, 11) is 0. The summed E-state index contributed by atoms with van der Waals surface area (Å²) in [6.45, 7) is 3.45. The lowest BCUT2D eigenvalue weighted by molar-refractivity contribution is -0.134. The van der Waals surface area contributed by atoms with Crippen LogP contribution in [0.15, 0.2) is 18.2 Å². The first kappa shape index (κ1) is 17.7. The molecule has 7 heteroatoms. The predicted molar refractivity (Wildman–Crippen MR) is 86.8 cm³/mol. The van der Waals surface area contributed by atoms with Gasteiger partial charge in [0.2, 0.25) is 5.91 Å². The van der Waals surface area contributed by atoms with Gasteiger partial charge in [0, 0.05) is 26.2 Å². The third-order valence-corrected chi connectivity index (χ3v) is 4.29. The minimum atomic E-state index is -0.633. The van der Waals surface area contributed by atoms with E-state index in [-0.39, 0.29) is 16.5 Å². The second-order valence-electron chi connectivity index (χ2n) is 5.61. The Bertz CT molecular complexity index is 568. The van der Waals surface area contributed by atoms with Crippen molar-refractivity contribution in [1.82, 2.24) is 9.80 Å². The Labute approximate surface area is 140 Å². The Morgan fingerprint density at radius 1 is 1.26 bits per heavy atom. The highest BCUT2D eigenvalue weighted by Gasteiger charge is 2.29. The average Bonchev–Trinajstić information content (AvgIpc) is 2.54. The summed E-state index contributed by atoms with van der Waals surface area (Å²) in [6, 6.07) is 3.66. The van der Waals surface area contributed by atoms with Crippen molar-refractivity contribution in [3.8, 4) is 0 Å². The monoisotopic (exact) mass is 341 g/mol. The number of benzene rings is 1. The van der Waals surface area contributed by atoms with Crippen molar-refractivity contribution in [2.75, 3.05) is 26.2 Å². The van der Waals surface area contributed by atoms with E-state index >= 15 is 0 Å². The van der Waals surface area contributed by atoms with Crippen LogP contribution in [-0.4, -0.2) is 53.8 Å². The van der Waals surface area contributed by atoms with Gasteiger partial charge in [-0.3, -0.25) is 9.59 Å². The van der Waals surface area contributed by atoms with Crippen LogP contribution in [0, 0.1) is 5.82 Å². The lowest BCUT2D eigenvalue weighted by Gasteiger charge is -2.36. The first-order chi connectivity index (χ1) is 11.0. The summed E-state index contributed by atoms with van der Waals surface area (Å²) in [5.41, 5.74) is 5.73. The van der Waals surface area contributed by atoms with Gasteiger partial charge in [0.15, 0.2) is 0 Å². The lowest BCUT2D eigenvalue weighted by atomic mass is 10.1. The second-order valence-corrected chi connectivity index (χ2v) is 6.02. The second kappa shape index (κ2) is 7.75. The van der Waals surface area contributed by atoms with Crippen molar-refractivity contribution in [3.63, 3.8) is 0 Å². The zero-order valence-electron chi connectivity index (χ0n) is 13.1. The first-order valence-corrected chi connectivity index (χ1v) is 8.11. The largest absolute Gasteiger partial charge is 0.338 e. The Morgan fingerprint density at radius 3 is 2.43 bits per heavy atom. The van der Waals surface area contributed by atoms with Crippen molar-refractivity contribution in [2.45, 2.75) is 25.8 Å². The van der Waals surface area contributed by atoms with E-state index in [1.54, 1.807) is 4.90 Å². The van der Waals surface area contributed by atoms with Crippen molar-refractivity contribution in [2.24, 2.45) is 5.73 Å². The molecule has 126 valence electrons. The van der Waals surface area contributed by atoms with Crippen LogP contribution in [0.4, 0.5) is 4.39 Å². The molecule has 1 aromatic carbocycles. The fraction of sp³-hybridized carbons (Fsp3) is 0.500. The van der Waals surface area contributed by atoms with Gasteiger partial charge < -0.3 is 15.5 Å². The minimum absolute atomic E-state index is 0.0946. The molecule has 2 rings (SSSR count). The van der Waals surface area contributed by atoms with Gasteiger partial charge in [0.05, 0.1) is 16.6 Å². The highest BCUT2D eigenvalue weighted by molar-refractivity contribution is 6.33. The number of hydrogen-bond acceptors (Lipinski definition) is 3. The fourth-order valence-electron chi connectivity index (χ4n) is 2.66. The maximum absolute atomic E-state index is 13.8. The molecule has 1 fully saturated rings. The van der Waals surface area contributed by atoms with Crippen molar-refractivity contribution >= 4 is 23.4 Å². The molecule has 23 heavy (non-hydrogen) atoms. The van der Waals surface area contributed by atoms with Crippen molar-refractivity contribution in [1.29, 1.82) is 0 Å². The van der Waals surface area contributed by atoms with Crippen molar-refractivity contribution in [3.05, 3.63) is 34.6 Å². The lowest BCUT2D eigenvalue weighted by Crippen LogP contribution is -2.54. The number of piperazine rings is 1. The van der Waals surface area contributed by atoms with Gasteiger partial charge in [-0.2, -0.15) is 0 Å². The van der Waals surface area contributed by atoms with Gasteiger partial charge >= 0.3 is 0 Å². The van der Waals surface area contributed by atoms with E-state index in [2.05, 4.69) is 0 Å². The quantitative estimate of drug-likeness (QED) is 0.909. The molecule has 1 aliphatic heterocycles. The standard InChI is InChI=1S/C16H21ClFN3O2/c1-2-4-13(19)15(22)20-7-9-21(10-8-20)16(23)14-11(17)5-3-6-12(14)18/h3,5-6,13H,2,4,7-10,19H2,1H3. The van der Waals surface area contributed by atoms with Crippen molar-refractivity contribution < 1.29 is 14.0 Å². The zero-order valence-corrected chi connectivity index (χ0v) is 13.9. The highest BCUT2D eigenvalue weighted by Crippen LogP contribution is 2.21. The minimum Gasteiger partial charge on any atom is -0.338 e. The van der Waals surface area contributed by atoms with Gasteiger partial charge in [-0.25, -0.2) is 4.39 Å². The third kappa shape index (κ3) is 4.00. The summed E-state index contributed by atoms with van der Waals surface area (Å²) in [5.74, 6) is -1.17. The molecule has 0 saturated carbocycles. The number of hydrogen-bond donors (Lipinski definition) is 1. The number of amides is 2. The van der Waals surface area contributed by atoms with Crippen LogP contribution in [0.25, 0.3) is 0 Å². The average molecular weight is 342 g/mol. The molecule has 0 spiro atoms. The van der Waals surface area contributed by atoms with E-state index in [0.717, 1.165) is 6.42 Å². The molecular weight excluding hydrogens is 321 g/mol. The van der Waals surface area contributed by atoms with Gasteiger partial charge in [-0.15, -0.1) is 0 Å². The predicted octanol–water partition coefficient (Wildman–Crippen LogP) is 1.89. The van der Waals surface area contributed by atoms with E-state index in [0.29, 0.717) is 32.6 Å². The van der Waals surface area contributed by atoms with Gasteiger partial charge in [0.1, 0.15) is 5.82 Å². The van der Waals surface area contributed by atoms with E-state index in [1.165, 1.54) is 23.1 Å². The number of carbonyl (C=O) groups excluding carboxylic acids is 2. The maximum atomic E-state index is 13.8. The van der Waals surface area contributed by atoms with Crippen LogP contribution in [0.5, 0.6) is 0 Å². The molecule has 1 atom stereocenters. The molecule has 0 aromatic heterocycles. The van der Waals surface area contributed by atoms with Gasteiger partial charge in [-0.05, 0) is 18.6 Å². The van der Waals surface area contributed by atoms with Crippen LogP contribution >= 0.6 is 11.6 Å². The van der Waals surface area contributed by atoms with Crippen LogP contribution < -0.4 is 5.73 Å².